The standard InChI is InChI=1S/C19H29N5O4S/c1-8-14-13(9(2)25)17(26)24(14)15(18(27)28)16(8)29-12-5-11(6-12)22-10-3-4-23(7-10)19(20)21/h8-14,22,25H,3-7H2,1-2H3,(H3,20,21)(H,27,28)/t8-,9-,10+,11?,12?,13-,14-/m1/s1. The van der Waals surface area contributed by atoms with Gasteiger partial charge in [0.1, 0.15) is 5.70 Å². The zero-order chi connectivity index (χ0) is 21.0. The number of guanidine groups is 1. The molecule has 4 aliphatic rings. The second kappa shape index (κ2) is 7.48. The lowest BCUT2D eigenvalue weighted by Crippen LogP contribution is -2.63. The van der Waals surface area contributed by atoms with Crippen molar-refractivity contribution in [3.05, 3.63) is 10.6 Å². The number of β-lactam (4-membered cyclic amide) rings is 1. The van der Waals surface area contributed by atoms with E-state index < -0.39 is 18.0 Å². The number of nitrogens with zero attached hydrogens (tertiary/aromatic N) is 2. The van der Waals surface area contributed by atoms with Crippen molar-refractivity contribution in [3.8, 4) is 0 Å². The monoisotopic (exact) mass is 423 g/mol. The van der Waals surface area contributed by atoms with Gasteiger partial charge in [-0.2, -0.15) is 0 Å². The predicted molar refractivity (Wildman–Crippen MR) is 109 cm³/mol. The Labute approximate surface area is 174 Å². The van der Waals surface area contributed by atoms with Gasteiger partial charge in [0, 0.05) is 41.2 Å². The maximum atomic E-state index is 12.4. The number of aliphatic carboxylic acids is 1. The molecule has 10 heteroatoms. The number of aliphatic hydroxyl groups excluding tert-OH is 1. The van der Waals surface area contributed by atoms with Crippen LogP contribution >= 0.6 is 11.8 Å². The molecular formula is C19H29N5O4S. The number of aliphatic hydroxyl groups is 1. The van der Waals surface area contributed by atoms with Crippen molar-refractivity contribution in [1.29, 1.82) is 5.41 Å². The Morgan fingerprint density at radius 3 is 2.62 bits per heavy atom. The predicted octanol–water partition coefficient (Wildman–Crippen LogP) is -0.0383. The first-order valence-corrected chi connectivity index (χ1v) is 11.1. The maximum absolute atomic E-state index is 12.4. The maximum Gasteiger partial charge on any atom is 0.353 e. The zero-order valence-corrected chi connectivity index (χ0v) is 17.5. The largest absolute Gasteiger partial charge is 0.477 e. The Morgan fingerprint density at radius 1 is 1.38 bits per heavy atom. The second-order valence-electron chi connectivity index (χ2n) is 8.66. The molecule has 0 unspecified atom stereocenters. The van der Waals surface area contributed by atoms with Gasteiger partial charge in [0.15, 0.2) is 5.96 Å². The second-order valence-corrected chi connectivity index (χ2v) is 10.0. The normalized spacial score (nSPS) is 37.3. The highest BCUT2D eigenvalue weighted by molar-refractivity contribution is 8.03. The number of hydrogen-bond donors (Lipinski definition) is 5. The van der Waals surface area contributed by atoms with E-state index in [1.807, 2.05) is 11.8 Å². The number of carbonyl (C=O) groups excluding carboxylic acids is 1. The van der Waals surface area contributed by atoms with Gasteiger partial charge in [0.25, 0.3) is 0 Å². The van der Waals surface area contributed by atoms with Crippen LogP contribution in [0.3, 0.4) is 0 Å². The molecule has 1 amide bonds. The minimum absolute atomic E-state index is 0.0747. The van der Waals surface area contributed by atoms with E-state index in [1.54, 1.807) is 18.7 Å². The van der Waals surface area contributed by atoms with Gasteiger partial charge in [0.05, 0.1) is 18.1 Å². The van der Waals surface area contributed by atoms with Crippen LogP contribution in [-0.4, -0.2) is 80.4 Å². The number of amides is 1. The summed E-state index contributed by atoms with van der Waals surface area (Å²) in [4.78, 5) is 28.3. The highest BCUT2D eigenvalue weighted by Gasteiger charge is 2.60. The van der Waals surface area contributed by atoms with Crippen molar-refractivity contribution in [2.45, 2.75) is 62.6 Å². The fraction of sp³-hybridized carbons (Fsp3) is 0.737. The molecule has 3 fully saturated rings. The summed E-state index contributed by atoms with van der Waals surface area (Å²) in [5, 5.41) is 31.1. The van der Waals surface area contributed by atoms with Crippen LogP contribution in [0.15, 0.2) is 10.6 Å². The first-order chi connectivity index (χ1) is 13.7. The molecule has 0 spiro atoms. The van der Waals surface area contributed by atoms with Crippen LogP contribution in [0, 0.1) is 17.2 Å². The van der Waals surface area contributed by atoms with Crippen LogP contribution in [0.4, 0.5) is 0 Å². The Hall–Kier alpha value is -1.78. The number of nitrogens with one attached hydrogen (secondary N) is 2. The highest BCUT2D eigenvalue weighted by atomic mass is 32.2. The fourth-order valence-corrected chi connectivity index (χ4v) is 6.77. The van der Waals surface area contributed by atoms with Gasteiger partial charge in [0.2, 0.25) is 5.91 Å². The fourth-order valence-electron chi connectivity index (χ4n) is 5.10. The van der Waals surface area contributed by atoms with Gasteiger partial charge < -0.3 is 31.1 Å². The first kappa shape index (κ1) is 20.5. The van der Waals surface area contributed by atoms with E-state index in [0.29, 0.717) is 17.3 Å². The Morgan fingerprint density at radius 2 is 2.07 bits per heavy atom. The smallest absolute Gasteiger partial charge is 0.353 e. The summed E-state index contributed by atoms with van der Waals surface area (Å²) in [7, 11) is 0. The van der Waals surface area contributed by atoms with E-state index in [9.17, 15) is 19.8 Å². The van der Waals surface area contributed by atoms with E-state index >= 15 is 0 Å². The number of carbonyl (C=O) groups is 2. The molecule has 1 saturated carbocycles. The lowest BCUT2D eigenvalue weighted by molar-refractivity contribution is -0.163. The van der Waals surface area contributed by atoms with Crippen LogP contribution in [0.2, 0.25) is 0 Å². The van der Waals surface area contributed by atoms with E-state index in [-0.39, 0.29) is 29.5 Å². The Balaban J connectivity index is 1.35. The molecule has 5 atom stereocenters. The van der Waals surface area contributed by atoms with E-state index in [0.717, 1.165) is 37.3 Å². The summed E-state index contributed by atoms with van der Waals surface area (Å²) in [5.74, 6) is -1.82. The van der Waals surface area contributed by atoms with E-state index in [1.165, 1.54) is 4.90 Å². The number of thioether (sulfide) groups is 1. The molecule has 4 rings (SSSR count). The lowest BCUT2D eigenvalue weighted by Gasteiger charge is -2.46. The molecule has 0 aromatic carbocycles. The summed E-state index contributed by atoms with van der Waals surface area (Å²) in [5.41, 5.74) is 5.66. The van der Waals surface area contributed by atoms with E-state index in [2.05, 4.69) is 5.32 Å². The van der Waals surface area contributed by atoms with Crippen molar-refractivity contribution >= 4 is 29.6 Å². The molecule has 2 saturated heterocycles. The lowest BCUT2D eigenvalue weighted by atomic mass is 9.79. The Bertz CT molecular complexity index is 766. The number of carboxylic acid groups (broad SMARTS) is 1. The van der Waals surface area contributed by atoms with Crippen LogP contribution < -0.4 is 11.1 Å². The van der Waals surface area contributed by atoms with Gasteiger partial charge >= 0.3 is 5.97 Å². The number of carboxylic acids is 1. The third-order valence-electron chi connectivity index (χ3n) is 6.70. The minimum Gasteiger partial charge on any atom is -0.477 e. The quantitative estimate of drug-likeness (QED) is 0.228. The minimum atomic E-state index is -1.07. The molecular weight excluding hydrogens is 394 g/mol. The average molecular weight is 424 g/mol. The van der Waals surface area contributed by atoms with Gasteiger partial charge in [-0.3, -0.25) is 10.2 Å². The van der Waals surface area contributed by atoms with Crippen molar-refractivity contribution in [3.63, 3.8) is 0 Å². The molecule has 1 aliphatic carbocycles. The third kappa shape index (κ3) is 3.40. The van der Waals surface area contributed by atoms with Gasteiger partial charge in [-0.1, -0.05) is 6.92 Å². The van der Waals surface area contributed by atoms with Gasteiger partial charge in [-0.25, -0.2) is 4.79 Å². The van der Waals surface area contributed by atoms with Crippen LogP contribution in [-0.2, 0) is 9.59 Å². The van der Waals surface area contributed by atoms with Crippen molar-refractivity contribution in [2.24, 2.45) is 17.6 Å². The summed E-state index contributed by atoms with van der Waals surface area (Å²) in [6, 6.07) is 0.473. The molecule has 29 heavy (non-hydrogen) atoms. The molecule has 0 radical (unpaired) electrons. The molecule has 3 aliphatic heterocycles. The summed E-state index contributed by atoms with van der Waals surface area (Å²) in [6.45, 7) is 5.12. The summed E-state index contributed by atoms with van der Waals surface area (Å²) in [6.07, 6.45) is 2.09. The van der Waals surface area contributed by atoms with Crippen molar-refractivity contribution in [1.82, 2.24) is 15.1 Å². The van der Waals surface area contributed by atoms with Crippen LogP contribution in [0.5, 0.6) is 0 Å². The number of nitrogens with two attached hydrogens (primary N) is 1. The number of rotatable bonds is 6. The van der Waals surface area contributed by atoms with Gasteiger partial charge in [-0.05, 0) is 26.2 Å². The van der Waals surface area contributed by atoms with E-state index in [4.69, 9.17) is 11.1 Å². The van der Waals surface area contributed by atoms with Crippen LogP contribution in [0.1, 0.15) is 33.1 Å². The SMILES string of the molecule is C[C@@H](O)[C@H]1C(=O)N2C(C(=O)O)=C(SC3CC(N[C@H]4CCN(C(=N)N)C4)C3)[C@H](C)[C@H]12. The first-order valence-electron chi connectivity index (χ1n) is 10.2. The van der Waals surface area contributed by atoms with Crippen LogP contribution in [0.25, 0.3) is 0 Å². The van der Waals surface area contributed by atoms with Crippen molar-refractivity contribution < 1.29 is 19.8 Å². The Kier molecular flexibility index (Phi) is 5.28. The average Bonchev–Trinajstić information content (AvgIpc) is 3.15. The molecule has 160 valence electrons. The zero-order valence-electron chi connectivity index (χ0n) is 16.7. The third-order valence-corrected chi connectivity index (χ3v) is 8.24. The molecule has 3 heterocycles. The highest BCUT2D eigenvalue weighted by Crippen LogP contribution is 2.53. The number of likely N-dealkylation sites (tertiary alicyclic amines) is 1. The molecule has 6 N–H and O–H groups in total. The number of fused-ring (bicyclic) bond motifs is 1. The summed E-state index contributed by atoms with van der Waals surface area (Å²) < 4.78 is 0. The topological polar surface area (TPSA) is 143 Å². The number of hydrogen-bond acceptors (Lipinski definition) is 6. The molecule has 0 bridgehead atoms. The summed E-state index contributed by atoms with van der Waals surface area (Å²) >= 11 is 1.59. The van der Waals surface area contributed by atoms with Crippen molar-refractivity contribution in [2.75, 3.05) is 13.1 Å². The van der Waals surface area contributed by atoms with Gasteiger partial charge in [-0.15, -0.1) is 11.8 Å². The molecule has 9 nitrogen and oxygen atoms in total. The molecule has 0 aromatic rings. The molecule has 0 aromatic heterocycles.